The molecule has 0 fully saturated rings. The lowest BCUT2D eigenvalue weighted by molar-refractivity contribution is 0.404. The van der Waals surface area contributed by atoms with Crippen LogP contribution >= 0.6 is 0 Å². The molecule has 0 aliphatic carbocycles. The zero-order valence-corrected chi connectivity index (χ0v) is 5.41. The summed E-state index contributed by atoms with van der Waals surface area (Å²) >= 11 is 0. The third-order valence-corrected chi connectivity index (χ3v) is 1.11. The predicted molar refractivity (Wildman–Crippen MR) is 28.8 cm³/mol. The lowest BCUT2D eigenvalue weighted by Crippen LogP contribution is -2.03. The van der Waals surface area contributed by atoms with Crippen molar-refractivity contribution in [2.75, 3.05) is 0 Å². The molecule has 2 nitrogen and oxygen atoms in total. The van der Waals surface area contributed by atoms with E-state index in [0.29, 0.717) is 0 Å². The monoisotopic (exact) mass is 176 g/mol. The number of pyridine rings is 1. The van der Waals surface area contributed by atoms with Crippen LogP contribution in [0.3, 0.4) is 0 Å². The van der Waals surface area contributed by atoms with Gasteiger partial charge in [-0.05, 0) is 0 Å². The molecule has 0 unspecified atom stereocenters. The summed E-state index contributed by atoms with van der Waals surface area (Å²) in [5, 5.41) is 8.06. The maximum Gasteiger partial charge on any atom is 0.253 e. The number of hydrogen-bond acceptors (Lipinski definition) is 2. The summed E-state index contributed by atoms with van der Waals surface area (Å²) in [6, 6.07) is 0.975. The molecule has 12 heavy (non-hydrogen) atoms. The van der Waals surface area contributed by atoms with Crippen molar-refractivity contribution in [2.24, 2.45) is 0 Å². The van der Waals surface area contributed by atoms with Crippen molar-refractivity contribution < 1.29 is 17.6 Å². The van der Waals surface area contributed by atoms with Crippen molar-refractivity contribution in [3.63, 3.8) is 0 Å². The first-order valence-electron chi connectivity index (χ1n) is 2.68. The maximum absolute atomic E-state index is 12.4. The molecule has 62 valence electrons. The number of hydrogen-bond donors (Lipinski definition) is 0. The van der Waals surface area contributed by atoms with Crippen LogP contribution in [0.15, 0.2) is 0 Å². The lowest BCUT2D eigenvalue weighted by atomic mass is 10.2. The summed E-state index contributed by atoms with van der Waals surface area (Å²) in [5.41, 5.74) is -1.31. The third kappa shape index (κ3) is 1.09. The summed E-state index contributed by atoms with van der Waals surface area (Å²) in [5.74, 6) is -7.22. The standard InChI is InChI=1S/C6F4N2/c7-3-2(1-11)4(8)6(10)12-5(3)9. The van der Waals surface area contributed by atoms with E-state index in [-0.39, 0.29) is 0 Å². The normalized spacial score (nSPS) is 9.58. The Morgan fingerprint density at radius 1 is 1.00 bits per heavy atom. The van der Waals surface area contributed by atoms with Gasteiger partial charge < -0.3 is 0 Å². The predicted octanol–water partition coefficient (Wildman–Crippen LogP) is 1.51. The molecule has 0 spiro atoms. The van der Waals surface area contributed by atoms with Crippen LogP contribution in [-0.2, 0) is 0 Å². The van der Waals surface area contributed by atoms with Gasteiger partial charge in [0, 0.05) is 0 Å². The van der Waals surface area contributed by atoms with Gasteiger partial charge in [-0.1, -0.05) is 0 Å². The number of nitriles is 1. The van der Waals surface area contributed by atoms with Crippen LogP contribution < -0.4 is 0 Å². The van der Waals surface area contributed by atoms with E-state index in [0.717, 1.165) is 6.07 Å². The van der Waals surface area contributed by atoms with Gasteiger partial charge in [-0.3, -0.25) is 0 Å². The Kier molecular flexibility index (Phi) is 1.95. The minimum atomic E-state index is -1.83. The molecule has 1 aromatic heterocycles. The van der Waals surface area contributed by atoms with Crippen LogP contribution in [0.5, 0.6) is 0 Å². The van der Waals surface area contributed by atoms with E-state index < -0.39 is 29.1 Å². The number of halogens is 4. The van der Waals surface area contributed by atoms with Crippen LogP contribution in [0.4, 0.5) is 17.6 Å². The van der Waals surface area contributed by atoms with Crippen LogP contribution in [0.1, 0.15) is 5.56 Å². The van der Waals surface area contributed by atoms with Gasteiger partial charge in [0.1, 0.15) is 11.6 Å². The highest BCUT2D eigenvalue weighted by atomic mass is 19.2. The van der Waals surface area contributed by atoms with Gasteiger partial charge in [0.25, 0.3) is 11.9 Å². The van der Waals surface area contributed by atoms with E-state index >= 15 is 0 Å². The second-order valence-electron chi connectivity index (χ2n) is 1.81. The van der Waals surface area contributed by atoms with Gasteiger partial charge in [0.2, 0.25) is 0 Å². The SMILES string of the molecule is N#Cc1c(F)c(F)nc(F)c1F. The number of rotatable bonds is 0. The molecule has 0 saturated heterocycles. The second kappa shape index (κ2) is 2.77. The molecule has 6 heteroatoms. The highest BCUT2D eigenvalue weighted by molar-refractivity contribution is 5.30. The molecule has 0 radical (unpaired) electrons. The van der Waals surface area contributed by atoms with Crippen molar-refractivity contribution in [1.29, 1.82) is 5.26 Å². The van der Waals surface area contributed by atoms with E-state index in [4.69, 9.17) is 5.26 Å². The number of aromatic nitrogens is 1. The van der Waals surface area contributed by atoms with Gasteiger partial charge in [0.05, 0.1) is 0 Å². The quantitative estimate of drug-likeness (QED) is 0.443. The summed E-state index contributed by atoms with van der Waals surface area (Å²) in [6.07, 6.45) is 0. The molecule has 0 amide bonds. The molecule has 1 aromatic rings. The minimum Gasteiger partial charge on any atom is -0.200 e. The lowest BCUT2D eigenvalue weighted by Gasteiger charge is -1.96. The Morgan fingerprint density at radius 3 is 1.75 bits per heavy atom. The first kappa shape index (κ1) is 8.46. The fourth-order valence-electron chi connectivity index (χ4n) is 0.585. The largest absolute Gasteiger partial charge is 0.253 e. The molecule has 0 aliphatic rings. The van der Waals surface area contributed by atoms with Crippen molar-refractivity contribution >= 4 is 0 Å². The van der Waals surface area contributed by atoms with E-state index in [1.54, 1.807) is 0 Å². The van der Waals surface area contributed by atoms with Crippen LogP contribution in [-0.4, -0.2) is 4.98 Å². The van der Waals surface area contributed by atoms with E-state index in [2.05, 4.69) is 4.98 Å². The average molecular weight is 176 g/mol. The fourth-order valence-corrected chi connectivity index (χ4v) is 0.585. The van der Waals surface area contributed by atoms with Gasteiger partial charge >= 0.3 is 0 Å². The molecule has 0 bridgehead atoms. The van der Waals surface area contributed by atoms with E-state index in [1.165, 1.54) is 0 Å². The van der Waals surface area contributed by atoms with Crippen molar-refractivity contribution in [2.45, 2.75) is 0 Å². The molecule has 0 aromatic carbocycles. The second-order valence-corrected chi connectivity index (χ2v) is 1.81. The van der Waals surface area contributed by atoms with Gasteiger partial charge in [0.15, 0.2) is 11.6 Å². The molecular formula is C6F4N2. The van der Waals surface area contributed by atoms with Crippen molar-refractivity contribution in [1.82, 2.24) is 4.98 Å². The zero-order chi connectivity index (χ0) is 9.30. The van der Waals surface area contributed by atoms with Crippen LogP contribution in [0.25, 0.3) is 0 Å². The molecule has 0 atom stereocenters. The van der Waals surface area contributed by atoms with E-state index in [1.807, 2.05) is 0 Å². The van der Waals surface area contributed by atoms with E-state index in [9.17, 15) is 17.6 Å². The molecule has 0 N–H and O–H groups in total. The highest BCUT2D eigenvalue weighted by Crippen LogP contribution is 2.14. The minimum absolute atomic E-state index is 0.975. The molecule has 1 rings (SSSR count). The third-order valence-electron chi connectivity index (χ3n) is 1.11. The van der Waals surface area contributed by atoms with Gasteiger partial charge in [-0.25, -0.2) is 8.78 Å². The molecule has 0 aliphatic heterocycles. The summed E-state index contributed by atoms with van der Waals surface area (Å²) in [7, 11) is 0. The van der Waals surface area contributed by atoms with Crippen molar-refractivity contribution in [3.05, 3.63) is 29.1 Å². The van der Waals surface area contributed by atoms with Crippen LogP contribution in [0, 0.1) is 34.9 Å². The summed E-state index contributed by atoms with van der Waals surface area (Å²) in [4.78, 5) is 2.25. The first-order valence-corrected chi connectivity index (χ1v) is 2.68. The van der Waals surface area contributed by atoms with Crippen LogP contribution in [0.2, 0.25) is 0 Å². The Morgan fingerprint density at radius 2 is 1.42 bits per heavy atom. The highest BCUT2D eigenvalue weighted by Gasteiger charge is 2.19. The Labute approximate surface area is 64.1 Å². The zero-order valence-electron chi connectivity index (χ0n) is 5.41. The van der Waals surface area contributed by atoms with Crippen molar-refractivity contribution in [3.8, 4) is 6.07 Å². The smallest absolute Gasteiger partial charge is 0.200 e. The Bertz CT molecular complexity index is 343. The topological polar surface area (TPSA) is 36.7 Å². The Hall–Kier alpha value is -1.64. The summed E-state index contributed by atoms with van der Waals surface area (Å²) < 4.78 is 49.1. The Balaban J connectivity index is 3.56. The molecular weight excluding hydrogens is 176 g/mol. The average Bonchev–Trinajstić information content (AvgIpc) is 2.02. The summed E-state index contributed by atoms with van der Waals surface area (Å²) in [6.45, 7) is 0. The molecule has 1 heterocycles. The number of nitrogens with zero attached hydrogens (tertiary/aromatic N) is 2. The fraction of sp³-hybridized carbons (Fsp3) is 0. The first-order chi connectivity index (χ1) is 5.57. The van der Waals surface area contributed by atoms with Gasteiger partial charge in [-0.2, -0.15) is 19.0 Å². The molecule has 0 saturated carbocycles. The van der Waals surface area contributed by atoms with Gasteiger partial charge in [-0.15, -0.1) is 0 Å². The maximum atomic E-state index is 12.4.